The minimum Gasteiger partial charge on any atom is -0.368 e. The van der Waals surface area contributed by atoms with Gasteiger partial charge in [-0.3, -0.25) is 13.9 Å². The van der Waals surface area contributed by atoms with Gasteiger partial charge < -0.3 is 16.0 Å². The second-order valence-electron chi connectivity index (χ2n) is 9.86. The number of hydrogen-bond acceptors (Lipinski definition) is 5. The molecular formula is C27H32N6O2. The van der Waals surface area contributed by atoms with Crippen LogP contribution in [-0.4, -0.2) is 40.2 Å². The van der Waals surface area contributed by atoms with Crippen LogP contribution in [0.1, 0.15) is 60.0 Å². The third kappa shape index (κ3) is 4.44. The van der Waals surface area contributed by atoms with Gasteiger partial charge in [0, 0.05) is 37.8 Å². The number of nitrogens with one attached hydrogen (secondary N) is 1. The summed E-state index contributed by atoms with van der Waals surface area (Å²) in [6.45, 7) is 1.76. The van der Waals surface area contributed by atoms with Gasteiger partial charge in [-0.1, -0.05) is 31.0 Å². The van der Waals surface area contributed by atoms with Gasteiger partial charge in [0.1, 0.15) is 0 Å². The second kappa shape index (κ2) is 9.59. The summed E-state index contributed by atoms with van der Waals surface area (Å²) in [6, 6.07) is 13.6. The van der Waals surface area contributed by atoms with E-state index < -0.39 is 0 Å². The van der Waals surface area contributed by atoms with E-state index >= 15 is 0 Å². The van der Waals surface area contributed by atoms with Crippen molar-refractivity contribution in [3.05, 3.63) is 63.6 Å². The van der Waals surface area contributed by atoms with Crippen molar-refractivity contribution in [1.29, 1.82) is 5.26 Å². The van der Waals surface area contributed by atoms with Crippen LogP contribution in [0.15, 0.2) is 41.2 Å². The Bertz CT molecular complexity index is 1360. The lowest BCUT2D eigenvalue weighted by atomic mass is 10.0. The van der Waals surface area contributed by atoms with Crippen molar-refractivity contribution in [2.24, 2.45) is 12.8 Å². The van der Waals surface area contributed by atoms with E-state index in [1.165, 1.54) is 0 Å². The van der Waals surface area contributed by atoms with E-state index in [0.717, 1.165) is 61.8 Å². The largest absolute Gasteiger partial charge is 0.368 e. The molecule has 1 atom stereocenters. The highest BCUT2D eigenvalue weighted by Crippen LogP contribution is 2.31. The molecular weight excluding hydrogens is 440 g/mol. The molecule has 1 aliphatic heterocycles. The van der Waals surface area contributed by atoms with E-state index in [1.807, 2.05) is 30.3 Å². The van der Waals surface area contributed by atoms with Gasteiger partial charge in [0.05, 0.1) is 34.9 Å². The van der Waals surface area contributed by atoms with Gasteiger partial charge in [-0.05, 0) is 49.4 Å². The van der Waals surface area contributed by atoms with E-state index in [4.69, 9.17) is 5.73 Å². The highest BCUT2D eigenvalue weighted by atomic mass is 16.2. The highest BCUT2D eigenvalue weighted by Gasteiger charge is 2.26. The quantitative estimate of drug-likeness (QED) is 0.594. The summed E-state index contributed by atoms with van der Waals surface area (Å²) in [5.41, 5.74) is 10.4. The normalized spacial score (nSPS) is 18.7. The van der Waals surface area contributed by atoms with Crippen LogP contribution >= 0.6 is 0 Å². The first kappa shape index (κ1) is 23.2. The minimum absolute atomic E-state index is 0.0398. The Morgan fingerprint density at radius 2 is 1.94 bits per heavy atom. The molecule has 8 heteroatoms. The number of anilines is 1. The molecule has 3 aromatic rings. The second-order valence-corrected chi connectivity index (χ2v) is 9.86. The number of amides is 1. The third-order valence-electron chi connectivity index (χ3n) is 7.44. The number of benzene rings is 2. The first-order chi connectivity index (χ1) is 17.0. The molecule has 2 fully saturated rings. The Labute approximate surface area is 204 Å². The summed E-state index contributed by atoms with van der Waals surface area (Å²) < 4.78 is 3.32. The number of imidazole rings is 1. The van der Waals surface area contributed by atoms with Gasteiger partial charge in [-0.25, -0.2) is 4.79 Å². The Morgan fingerprint density at radius 3 is 2.69 bits per heavy atom. The van der Waals surface area contributed by atoms with Crippen LogP contribution < -0.4 is 21.6 Å². The molecule has 5 rings (SSSR count). The lowest BCUT2D eigenvalue weighted by molar-refractivity contribution is 0.0938. The molecule has 2 aromatic carbocycles. The van der Waals surface area contributed by atoms with Gasteiger partial charge in [-0.2, -0.15) is 5.26 Å². The molecule has 1 saturated carbocycles. The molecule has 1 aromatic heterocycles. The summed E-state index contributed by atoms with van der Waals surface area (Å²) in [6.07, 6.45) is 6.21. The van der Waals surface area contributed by atoms with Crippen LogP contribution in [0.4, 0.5) is 5.69 Å². The number of fused-ring (bicyclic) bond motifs is 1. The first-order valence-electron chi connectivity index (χ1n) is 12.5. The molecule has 0 bridgehead atoms. The third-order valence-corrected chi connectivity index (χ3v) is 7.44. The first-order valence-corrected chi connectivity index (χ1v) is 12.5. The molecule has 182 valence electrons. The lowest BCUT2D eigenvalue weighted by Gasteiger charge is -2.33. The van der Waals surface area contributed by atoms with Crippen molar-refractivity contribution in [2.75, 3.05) is 18.0 Å². The summed E-state index contributed by atoms with van der Waals surface area (Å²) >= 11 is 0. The van der Waals surface area contributed by atoms with Gasteiger partial charge in [0.15, 0.2) is 0 Å². The molecule has 1 saturated heterocycles. The molecule has 0 radical (unpaired) electrons. The number of nitriles is 1. The molecule has 0 unspecified atom stereocenters. The zero-order valence-electron chi connectivity index (χ0n) is 20.2. The number of piperidine rings is 1. The van der Waals surface area contributed by atoms with Crippen LogP contribution in [0.25, 0.3) is 11.0 Å². The molecule has 2 heterocycles. The minimum atomic E-state index is -0.177. The molecule has 2 aliphatic rings. The standard InChI is InChI=1S/C27H32N6O2/c1-31-23-13-20(26(34)30-22-10-4-5-11-22)14-24(32-12-6-9-21(29)17-32)25(23)33(27(31)35)16-19-8-3-2-7-18(19)15-28/h2-3,7-8,13-14,21-22H,4-6,9-12,16-17,29H2,1H3,(H,30,34)/t21-/m1/s1. The zero-order chi connectivity index (χ0) is 24.5. The molecule has 3 N–H and O–H groups in total. The number of aromatic nitrogens is 2. The van der Waals surface area contributed by atoms with E-state index in [0.29, 0.717) is 23.2 Å². The van der Waals surface area contributed by atoms with E-state index in [-0.39, 0.29) is 30.2 Å². The summed E-state index contributed by atoms with van der Waals surface area (Å²) in [4.78, 5) is 28.9. The SMILES string of the molecule is Cn1c(=O)n(Cc2ccccc2C#N)c2c(N3CCC[C@@H](N)C3)cc(C(=O)NC3CCCC3)cc21. The van der Waals surface area contributed by atoms with Gasteiger partial charge in [0.2, 0.25) is 0 Å². The maximum atomic E-state index is 13.5. The number of nitrogens with two attached hydrogens (primary N) is 1. The molecule has 1 amide bonds. The van der Waals surface area contributed by atoms with Crippen LogP contribution in [0.2, 0.25) is 0 Å². The lowest BCUT2D eigenvalue weighted by Crippen LogP contribution is -2.43. The van der Waals surface area contributed by atoms with Crippen LogP contribution in [0, 0.1) is 11.3 Å². The monoisotopic (exact) mass is 472 g/mol. The van der Waals surface area contributed by atoms with Gasteiger partial charge in [-0.15, -0.1) is 0 Å². The van der Waals surface area contributed by atoms with Crippen molar-refractivity contribution in [3.63, 3.8) is 0 Å². The molecule has 1 aliphatic carbocycles. The number of carbonyl (C=O) groups is 1. The van der Waals surface area contributed by atoms with Crippen molar-refractivity contribution in [1.82, 2.24) is 14.5 Å². The maximum absolute atomic E-state index is 13.5. The van der Waals surface area contributed by atoms with E-state index in [9.17, 15) is 14.9 Å². The Morgan fingerprint density at radius 1 is 1.17 bits per heavy atom. The fourth-order valence-electron chi connectivity index (χ4n) is 5.54. The number of rotatable bonds is 5. The van der Waals surface area contributed by atoms with Gasteiger partial charge >= 0.3 is 5.69 Å². The highest BCUT2D eigenvalue weighted by molar-refractivity contribution is 6.02. The Balaban J connectivity index is 1.65. The summed E-state index contributed by atoms with van der Waals surface area (Å²) in [5.74, 6) is -0.101. The molecule has 8 nitrogen and oxygen atoms in total. The zero-order valence-corrected chi connectivity index (χ0v) is 20.2. The molecule has 0 spiro atoms. The van der Waals surface area contributed by atoms with Crippen molar-refractivity contribution < 1.29 is 4.79 Å². The Hall–Kier alpha value is -3.57. The molecule has 35 heavy (non-hydrogen) atoms. The van der Waals surface area contributed by atoms with Crippen molar-refractivity contribution >= 4 is 22.6 Å². The maximum Gasteiger partial charge on any atom is 0.329 e. The smallest absolute Gasteiger partial charge is 0.329 e. The fourth-order valence-corrected chi connectivity index (χ4v) is 5.54. The average Bonchev–Trinajstić information content (AvgIpc) is 3.46. The van der Waals surface area contributed by atoms with Crippen molar-refractivity contribution in [3.8, 4) is 6.07 Å². The van der Waals surface area contributed by atoms with Gasteiger partial charge in [0.25, 0.3) is 5.91 Å². The fraction of sp³-hybridized carbons (Fsp3) is 0.444. The van der Waals surface area contributed by atoms with Crippen LogP contribution in [0.5, 0.6) is 0 Å². The van der Waals surface area contributed by atoms with Crippen LogP contribution in [-0.2, 0) is 13.6 Å². The van der Waals surface area contributed by atoms with Crippen LogP contribution in [0.3, 0.4) is 0 Å². The predicted octanol–water partition coefficient (Wildman–Crippen LogP) is 2.86. The number of hydrogen-bond donors (Lipinski definition) is 2. The van der Waals surface area contributed by atoms with E-state index in [2.05, 4.69) is 16.3 Å². The predicted molar refractivity (Wildman–Crippen MR) is 137 cm³/mol. The number of carbonyl (C=O) groups excluding carboxylic acids is 1. The number of nitrogens with zero attached hydrogens (tertiary/aromatic N) is 4. The Kier molecular flexibility index (Phi) is 6.35. The summed E-state index contributed by atoms with van der Waals surface area (Å²) in [5, 5.41) is 12.8. The summed E-state index contributed by atoms with van der Waals surface area (Å²) in [7, 11) is 1.74. The topological polar surface area (TPSA) is 109 Å². The van der Waals surface area contributed by atoms with E-state index in [1.54, 1.807) is 22.2 Å². The number of aryl methyl sites for hydroxylation is 1. The average molecular weight is 473 g/mol. The van der Waals surface area contributed by atoms with Crippen molar-refractivity contribution in [2.45, 2.75) is 57.2 Å².